The fourth-order valence-corrected chi connectivity index (χ4v) is 3.02. The lowest BCUT2D eigenvalue weighted by atomic mass is 10.2. The van der Waals surface area contributed by atoms with E-state index >= 15 is 0 Å². The summed E-state index contributed by atoms with van der Waals surface area (Å²) in [5.74, 6) is -0.204. The predicted octanol–water partition coefficient (Wildman–Crippen LogP) is 2.99. The molecule has 1 aromatic heterocycles. The maximum absolute atomic E-state index is 12.6. The molecule has 28 heavy (non-hydrogen) atoms. The molecule has 1 heterocycles. The number of anilines is 1. The van der Waals surface area contributed by atoms with Crippen molar-refractivity contribution < 1.29 is 4.79 Å². The molecule has 0 fully saturated rings. The molecule has 6 nitrogen and oxygen atoms in total. The first-order valence-electron chi connectivity index (χ1n) is 8.69. The maximum Gasteiger partial charge on any atom is 0.267 e. The van der Waals surface area contributed by atoms with Crippen molar-refractivity contribution >= 4 is 29.4 Å². The Kier molecular flexibility index (Phi) is 6.78. The Morgan fingerprint density at radius 3 is 2.39 bits per heavy atom. The topological polar surface area (TPSA) is 97.6 Å². The molecule has 0 spiro atoms. The van der Waals surface area contributed by atoms with E-state index in [1.165, 1.54) is 0 Å². The molecule has 7 heteroatoms. The quantitative estimate of drug-likeness (QED) is 0.365. The SMILES string of the molecule is NSc1cncc(C(N)=NC(=O)CN(Cc2ccccc2)c2ccccc2)c1. The molecular formula is C21H21N5OS. The van der Waals surface area contributed by atoms with Crippen molar-refractivity contribution in [1.29, 1.82) is 0 Å². The lowest BCUT2D eigenvalue weighted by molar-refractivity contribution is -0.116. The fraction of sp³-hybridized carbons (Fsp3) is 0.0952. The number of nitrogens with zero attached hydrogens (tertiary/aromatic N) is 3. The summed E-state index contributed by atoms with van der Waals surface area (Å²) in [5.41, 5.74) is 8.62. The predicted molar refractivity (Wildman–Crippen MR) is 114 cm³/mol. The summed E-state index contributed by atoms with van der Waals surface area (Å²) >= 11 is 1.06. The number of para-hydroxylation sites is 1. The Labute approximate surface area is 168 Å². The molecule has 142 valence electrons. The van der Waals surface area contributed by atoms with E-state index in [0.717, 1.165) is 28.1 Å². The number of aromatic nitrogens is 1. The normalized spacial score (nSPS) is 11.2. The van der Waals surface area contributed by atoms with Crippen molar-refractivity contribution in [2.45, 2.75) is 11.4 Å². The third kappa shape index (κ3) is 5.42. The van der Waals surface area contributed by atoms with Gasteiger partial charge in [0.1, 0.15) is 5.84 Å². The zero-order chi connectivity index (χ0) is 19.8. The van der Waals surface area contributed by atoms with Gasteiger partial charge in [-0.1, -0.05) is 48.5 Å². The van der Waals surface area contributed by atoms with Gasteiger partial charge in [0.2, 0.25) is 0 Å². The Morgan fingerprint density at radius 1 is 1.04 bits per heavy atom. The lowest BCUT2D eigenvalue weighted by Crippen LogP contribution is -2.30. The molecule has 0 atom stereocenters. The molecule has 3 aromatic rings. The highest BCUT2D eigenvalue weighted by Crippen LogP contribution is 2.17. The van der Waals surface area contributed by atoms with Crippen LogP contribution < -0.4 is 15.8 Å². The second kappa shape index (κ2) is 9.68. The van der Waals surface area contributed by atoms with Crippen molar-refractivity contribution in [1.82, 2.24) is 4.98 Å². The van der Waals surface area contributed by atoms with Crippen molar-refractivity contribution in [3.05, 3.63) is 90.3 Å². The molecule has 0 radical (unpaired) electrons. The fourth-order valence-electron chi connectivity index (χ4n) is 2.70. The molecule has 4 N–H and O–H groups in total. The van der Waals surface area contributed by atoms with E-state index in [2.05, 4.69) is 9.98 Å². The van der Waals surface area contributed by atoms with Gasteiger partial charge in [0, 0.05) is 35.1 Å². The second-order valence-corrected chi connectivity index (χ2v) is 6.80. The average Bonchev–Trinajstić information content (AvgIpc) is 2.74. The summed E-state index contributed by atoms with van der Waals surface area (Å²) in [6.07, 6.45) is 3.19. The van der Waals surface area contributed by atoms with Gasteiger partial charge >= 0.3 is 0 Å². The minimum Gasteiger partial charge on any atom is -0.383 e. The molecule has 2 aromatic carbocycles. The van der Waals surface area contributed by atoms with Gasteiger partial charge in [-0.2, -0.15) is 4.99 Å². The molecule has 0 saturated heterocycles. The number of carbonyl (C=O) groups is 1. The Bertz CT molecular complexity index is 947. The molecule has 0 aliphatic rings. The van der Waals surface area contributed by atoms with Crippen LogP contribution in [-0.2, 0) is 11.3 Å². The standard InChI is InChI=1S/C21H21N5OS/c22-21(17-11-19(28-23)13-24-12-17)25-20(27)15-26(18-9-5-2-6-10-18)14-16-7-3-1-4-8-16/h1-13H,14-15,23H2,(H2,22,25,27). The van der Waals surface area contributed by atoms with Gasteiger partial charge < -0.3 is 10.6 Å². The smallest absolute Gasteiger partial charge is 0.267 e. The van der Waals surface area contributed by atoms with Crippen LogP contribution in [0.25, 0.3) is 0 Å². The van der Waals surface area contributed by atoms with Crippen LogP contribution in [0, 0.1) is 0 Å². The third-order valence-corrected chi connectivity index (χ3v) is 4.55. The molecule has 0 aliphatic carbocycles. The molecule has 3 rings (SSSR count). The van der Waals surface area contributed by atoms with Crippen LogP contribution in [0.4, 0.5) is 5.69 Å². The van der Waals surface area contributed by atoms with Crippen LogP contribution >= 0.6 is 11.9 Å². The number of aliphatic imine (C=N–C) groups is 1. The van der Waals surface area contributed by atoms with Crippen molar-refractivity contribution in [2.75, 3.05) is 11.4 Å². The third-order valence-electron chi connectivity index (χ3n) is 4.05. The first kappa shape index (κ1) is 19.6. The van der Waals surface area contributed by atoms with Crippen LogP contribution in [0.2, 0.25) is 0 Å². The molecular weight excluding hydrogens is 370 g/mol. The summed E-state index contributed by atoms with van der Waals surface area (Å²) in [6, 6.07) is 21.5. The number of nitrogens with two attached hydrogens (primary N) is 2. The van der Waals surface area contributed by atoms with Crippen molar-refractivity contribution in [3.8, 4) is 0 Å². The number of carbonyl (C=O) groups excluding carboxylic acids is 1. The van der Waals surface area contributed by atoms with E-state index in [1.54, 1.807) is 18.5 Å². The Balaban J connectivity index is 1.78. The molecule has 0 bridgehead atoms. The van der Waals surface area contributed by atoms with E-state index in [0.29, 0.717) is 12.1 Å². The van der Waals surface area contributed by atoms with Gasteiger partial charge in [-0.3, -0.25) is 14.9 Å². The number of hydrogen-bond acceptors (Lipinski definition) is 5. The minimum absolute atomic E-state index is 0.109. The van der Waals surface area contributed by atoms with E-state index in [4.69, 9.17) is 10.9 Å². The first-order valence-corrected chi connectivity index (χ1v) is 9.57. The average molecular weight is 392 g/mol. The van der Waals surface area contributed by atoms with Crippen LogP contribution in [0.1, 0.15) is 11.1 Å². The molecule has 1 amide bonds. The van der Waals surface area contributed by atoms with Gasteiger partial charge in [-0.25, -0.2) is 0 Å². The van der Waals surface area contributed by atoms with Gasteiger partial charge in [0.15, 0.2) is 0 Å². The van der Waals surface area contributed by atoms with E-state index in [1.807, 2.05) is 65.6 Å². The minimum atomic E-state index is -0.330. The highest BCUT2D eigenvalue weighted by Gasteiger charge is 2.13. The Hall–Kier alpha value is -3.16. The van der Waals surface area contributed by atoms with Gasteiger partial charge in [-0.15, -0.1) is 0 Å². The van der Waals surface area contributed by atoms with Gasteiger partial charge in [-0.05, 0) is 35.7 Å². The summed E-state index contributed by atoms with van der Waals surface area (Å²) in [4.78, 5) is 23.4. The monoisotopic (exact) mass is 391 g/mol. The lowest BCUT2D eigenvalue weighted by Gasteiger charge is -2.23. The number of amidine groups is 1. The van der Waals surface area contributed by atoms with E-state index in [9.17, 15) is 4.79 Å². The van der Waals surface area contributed by atoms with E-state index in [-0.39, 0.29) is 18.3 Å². The van der Waals surface area contributed by atoms with Crippen LogP contribution in [0.15, 0.2) is 89.0 Å². The van der Waals surface area contributed by atoms with Crippen molar-refractivity contribution in [3.63, 3.8) is 0 Å². The van der Waals surface area contributed by atoms with E-state index < -0.39 is 0 Å². The van der Waals surface area contributed by atoms with Gasteiger partial charge in [0.05, 0.1) is 6.54 Å². The molecule has 0 aliphatic heterocycles. The van der Waals surface area contributed by atoms with Crippen LogP contribution in [0.3, 0.4) is 0 Å². The summed E-state index contributed by atoms with van der Waals surface area (Å²) in [5, 5.41) is 5.55. The first-order chi connectivity index (χ1) is 13.7. The zero-order valence-electron chi connectivity index (χ0n) is 15.2. The van der Waals surface area contributed by atoms with Crippen LogP contribution in [-0.4, -0.2) is 23.3 Å². The largest absolute Gasteiger partial charge is 0.383 e. The number of rotatable bonds is 7. The maximum atomic E-state index is 12.6. The highest BCUT2D eigenvalue weighted by molar-refractivity contribution is 7.97. The van der Waals surface area contributed by atoms with Crippen LogP contribution in [0.5, 0.6) is 0 Å². The summed E-state index contributed by atoms with van der Waals surface area (Å²) in [7, 11) is 0. The number of hydrogen-bond donors (Lipinski definition) is 2. The van der Waals surface area contributed by atoms with Crippen molar-refractivity contribution in [2.24, 2.45) is 15.9 Å². The van der Waals surface area contributed by atoms with Gasteiger partial charge in [0.25, 0.3) is 5.91 Å². The molecule has 0 saturated carbocycles. The highest BCUT2D eigenvalue weighted by atomic mass is 32.2. The summed E-state index contributed by atoms with van der Waals surface area (Å²) < 4.78 is 0. The number of benzene rings is 2. The zero-order valence-corrected chi connectivity index (χ0v) is 16.0. The number of pyridine rings is 1. The molecule has 0 unspecified atom stereocenters. The summed E-state index contributed by atoms with van der Waals surface area (Å²) in [6.45, 7) is 0.700. The number of amides is 1. The Morgan fingerprint density at radius 2 is 1.71 bits per heavy atom. The second-order valence-electron chi connectivity index (χ2n) is 6.10.